The molecule has 0 spiro atoms. The monoisotopic (exact) mass is 425 g/mol. The minimum Gasteiger partial charge on any atom is -0.465 e. The highest BCUT2D eigenvalue weighted by Crippen LogP contribution is 2.39. The fraction of sp³-hybridized carbons (Fsp3) is 0.667. The van der Waals surface area contributed by atoms with Crippen molar-refractivity contribution in [2.75, 3.05) is 5.32 Å². The number of hydrogen-bond donors (Lipinski definition) is 2. The van der Waals surface area contributed by atoms with Gasteiger partial charge in [0.15, 0.2) is 16.6 Å². The number of carboxylic acid groups (broad SMARTS) is 1. The van der Waals surface area contributed by atoms with Gasteiger partial charge in [0.05, 0.1) is 18.9 Å². The number of carbonyl (C=O) groups is 1. The summed E-state index contributed by atoms with van der Waals surface area (Å²) < 4.78 is 12.7. The summed E-state index contributed by atoms with van der Waals surface area (Å²) in [5.74, 6) is 0. The molecule has 1 aromatic rings. The SMILES string of the molecule is CC(C)(C)[Si](C)(C)OCc1cccc(CO[Si](C)(C)C(C)(C)C)c1NC(=O)O. The second kappa shape index (κ2) is 8.69. The number of amides is 1. The number of anilines is 1. The molecule has 7 heteroatoms. The van der Waals surface area contributed by atoms with E-state index in [1.807, 2.05) is 18.2 Å². The third kappa shape index (κ3) is 6.44. The van der Waals surface area contributed by atoms with Gasteiger partial charge >= 0.3 is 6.09 Å². The lowest BCUT2D eigenvalue weighted by atomic mass is 10.1. The Morgan fingerprint density at radius 1 is 0.893 bits per heavy atom. The fourth-order valence-corrected chi connectivity index (χ4v) is 4.01. The molecule has 0 atom stereocenters. The molecule has 0 fully saturated rings. The quantitative estimate of drug-likeness (QED) is 0.470. The van der Waals surface area contributed by atoms with Crippen LogP contribution >= 0.6 is 0 Å². The van der Waals surface area contributed by atoms with E-state index in [1.54, 1.807) is 0 Å². The second-order valence-electron chi connectivity index (χ2n) is 10.5. The van der Waals surface area contributed by atoms with E-state index in [1.165, 1.54) is 0 Å². The normalized spacial score (nSPS) is 13.5. The zero-order valence-electron chi connectivity index (χ0n) is 19.3. The van der Waals surface area contributed by atoms with Gasteiger partial charge in [0, 0.05) is 11.1 Å². The first-order valence-electron chi connectivity index (χ1n) is 9.86. The first kappa shape index (κ1) is 24.9. The van der Waals surface area contributed by atoms with Crippen molar-refractivity contribution in [3.05, 3.63) is 29.3 Å². The molecule has 0 bridgehead atoms. The number of nitrogens with one attached hydrogen (secondary N) is 1. The minimum absolute atomic E-state index is 0.0937. The molecule has 0 saturated carbocycles. The van der Waals surface area contributed by atoms with Gasteiger partial charge in [-0.2, -0.15) is 0 Å². The van der Waals surface area contributed by atoms with Crippen molar-refractivity contribution in [1.29, 1.82) is 0 Å². The molecular formula is C21H39NO4Si2. The number of rotatable bonds is 7. The molecule has 0 saturated heterocycles. The molecule has 2 N–H and O–H groups in total. The zero-order valence-corrected chi connectivity index (χ0v) is 21.3. The molecule has 0 aliphatic heterocycles. The topological polar surface area (TPSA) is 67.8 Å². The zero-order chi connectivity index (χ0) is 22.0. The van der Waals surface area contributed by atoms with E-state index < -0.39 is 22.7 Å². The summed E-state index contributed by atoms with van der Waals surface area (Å²) in [6, 6.07) is 5.80. The lowest BCUT2D eigenvalue weighted by Gasteiger charge is -2.37. The predicted molar refractivity (Wildman–Crippen MR) is 122 cm³/mol. The predicted octanol–water partition coefficient (Wildman–Crippen LogP) is 6.82. The molecule has 1 rings (SSSR count). The Morgan fingerprint density at radius 2 is 1.25 bits per heavy atom. The van der Waals surface area contributed by atoms with Crippen LogP contribution in [0.1, 0.15) is 52.7 Å². The molecule has 1 amide bonds. The Hall–Kier alpha value is -1.16. The summed E-state index contributed by atoms with van der Waals surface area (Å²) in [6.45, 7) is 22.7. The number of benzene rings is 1. The average Bonchev–Trinajstić information content (AvgIpc) is 2.49. The first-order chi connectivity index (χ1) is 12.5. The highest BCUT2D eigenvalue weighted by atomic mass is 28.4. The standard InChI is InChI=1S/C21H39NO4Si2/c1-20(2,3)27(7,8)25-14-16-12-11-13-17(18(16)22-19(23)24)15-26-28(9,10)21(4,5)6/h11-13,22H,14-15H2,1-10H3,(H,23,24). The van der Waals surface area contributed by atoms with Crippen molar-refractivity contribution in [2.24, 2.45) is 0 Å². The maximum atomic E-state index is 11.4. The summed E-state index contributed by atoms with van der Waals surface area (Å²) in [6.07, 6.45) is -1.08. The van der Waals surface area contributed by atoms with Gasteiger partial charge in [-0.1, -0.05) is 59.7 Å². The molecule has 0 aromatic heterocycles. The van der Waals surface area contributed by atoms with E-state index in [4.69, 9.17) is 8.85 Å². The average molecular weight is 426 g/mol. The van der Waals surface area contributed by atoms with Crippen LogP contribution in [0, 0.1) is 0 Å². The van der Waals surface area contributed by atoms with Crippen molar-refractivity contribution in [2.45, 2.75) is 91.0 Å². The van der Waals surface area contributed by atoms with Crippen molar-refractivity contribution >= 4 is 28.4 Å². The van der Waals surface area contributed by atoms with Crippen LogP contribution in [-0.4, -0.2) is 27.8 Å². The molecule has 0 aliphatic rings. The second-order valence-corrected chi connectivity index (χ2v) is 20.1. The summed E-state index contributed by atoms with van der Waals surface area (Å²) >= 11 is 0. The van der Waals surface area contributed by atoms with E-state index >= 15 is 0 Å². The van der Waals surface area contributed by atoms with Crippen LogP contribution in [-0.2, 0) is 22.1 Å². The molecule has 1 aromatic carbocycles. The molecule has 0 aliphatic carbocycles. The third-order valence-corrected chi connectivity index (χ3v) is 15.2. The summed E-state index contributed by atoms with van der Waals surface area (Å²) in [4.78, 5) is 11.4. The highest BCUT2D eigenvalue weighted by Gasteiger charge is 2.38. The fourth-order valence-electron chi connectivity index (χ4n) is 2.11. The largest absolute Gasteiger partial charge is 0.465 e. The van der Waals surface area contributed by atoms with Gasteiger partial charge in [0.1, 0.15) is 0 Å². The Balaban J connectivity index is 3.13. The maximum absolute atomic E-state index is 11.4. The van der Waals surface area contributed by atoms with Crippen LogP contribution < -0.4 is 5.32 Å². The van der Waals surface area contributed by atoms with Crippen molar-refractivity contribution < 1.29 is 18.8 Å². The molecule has 0 radical (unpaired) electrons. The van der Waals surface area contributed by atoms with Crippen molar-refractivity contribution in [3.8, 4) is 0 Å². The third-order valence-electron chi connectivity index (χ3n) is 6.26. The van der Waals surface area contributed by atoms with Gasteiger partial charge in [-0.15, -0.1) is 0 Å². The minimum atomic E-state index is -1.94. The van der Waals surface area contributed by atoms with Gasteiger partial charge in [-0.25, -0.2) is 4.79 Å². The van der Waals surface area contributed by atoms with Crippen molar-refractivity contribution in [3.63, 3.8) is 0 Å². The molecule has 28 heavy (non-hydrogen) atoms. The molecular weight excluding hydrogens is 386 g/mol. The highest BCUT2D eigenvalue weighted by molar-refractivity contribution is 6.74. The van der Waals surface area contributed by atoms with Crippen LogP contribution in [0.2, 0.25) is 36.3 Å². The van der Waals surface area contributed by atoms with Crippen LogP contribution in [0.3, 0.4) is 0 Å². The molecule has 0 unspecified atom stereocenters. The van der Waals surface area contributed by atoms with Gasteiger partial charge in [-0.3, -0.25) is 5.32 Å². The number of para-hydroxylation sites is 1. The van der Waals surface area contributed by atoms with Crippen LogP contribution in [0.4, 0.5) is 10.5 Å². The summed E-state index contributed by atoms with van der Waals surface area (Å²) in [7, 11) is -3.88. The van der Waals surface area contributed by atoms with Gasteiger partial charge in [0.25, 0.3) is 0 Å². The lowest BCUT2D eigenvalue weighted by Crippen LogP contribution is -2.40. The van der Waals surface area contributed by atoms with E-state index in [2.05, 4.69) is 73.0 Å². The van der Waals surface area contributed by atoms with Crippen LogP contribution in [0.25, 0.3) is 0 Å². The smallest absolute Gasteiger partial charge is 0.409 e. The van der Waals surface area contributed by atoms with Crippen LogP contribution in [0.5, 0.6) is 0 Å². The first-order valence-corrected chi connectivity index (χ1v) is 15.7. The van der Waals surface area contributed by atoms with E-state index in [0.29, 0.717) is 18.9 Å². The van der Waals surface area contributed by atoms with Gasteiger partial charge in [-0.05, 0) is 36.3 Å². The van der Waals surface area contributed by atoms with Crippen LogP contribution in [0.15, 0.2) is 18.2 Å². The van der Waals surface area contributed by atoms with Crippen molar-refractivity contribution in [1.82, 2.24) is 0 Å². The Bertz CT molecular complexity index is 640. The van der Waals surface area contributed by atoms with E-state index in [0.717, 1.165) is 11.1 Å². The lowest BCUT2D eigenvalue weighted by molar-refractivity contribution is 0.209. The number of hydrogen-bond acceptors (Lipinski definition) is 3. The summed E-state index contributed by atoms with van der Waals surface area (Å²) in [5.41, 5.74) is 2.29. The molecule has 160 valence electrons. The Labute approximate surface area is 173 Å². The van der Waals surface area contributed by atoms with Gasteiger partial charge < -0.3 is 14.0 Å². The Morgan fingerprint density at radius 3 is 1.54 bits per heavy atom. The van der Waals surface area contributed by atoms with E-state index in [9.17, 15) is 9.90 Å². The van der Waals surface area contributed by atoms with Gasteiger partial charge in [0.2, 0.25) is 0 Å². The Kier molecular flexibility index (Phi) is 7.72. The molecule has 5 nitrogen and oxygen atoms in total. The molecule has 0 heterocycles. The van der Waals surface area contributed by atoms with E-state index in [-0.39, 0.29) is 10.1 Å². The summed E-state index contributed by atoms with van der Waals surface area (Å²) in [5, 5.41) is 12.1. The maximum Gasteiger partial charge on any atom is 0.409 e.